The van der Waals surface area contributed by atoms with Crippen molar-refractivity contribution in [2.45, 2.75) is 17.3 Å². The molecule has 0 bridgehead atoms. The van der Waals surface area contributed by atoms with Crippen molar-refractivity contribution >= 4 is 49.2 Å². The van der Waals surface area contributed by atoms with Crippen LogP contribution in [0.2, 0.25) is 17.3 Å². The molecule has 0 saturated heterocycles. The van der Waals surface area contributed by atoms with Crippen LogP contribution in [0.5, 0.6) is 0 Å². The Balaban J connectivity index is 1.97. The molecule has 1 nitrogen and oxygen atoms in total. The van der Waals surface area contributed by atoms with Gasteiger partial charge in [0.15, 0.2) is 0 Å². The van der Waals surface area contributed by atoms with Gasteiger partial charge in [0.05, 0.1) is 0 Å². The molecule has 0 aliphatic carbocycles. The molecule has 2 heterocycles. The Morgan fingerprint density at radius 1 is 0.826 bits per heavy atom. The van der Waals surface area contributed by atoms with E-state index >= 15 is 0 Å². The minimum atomic E-state index is -1.81. The van der Waals surface area contributed by atoms with E-state index in [2.05, 4.69) is 70.8 Å². The summed E-state index contributed by atoms with van der Waals surface area (Å²) in [6, 6.07) is 19.8. The second-order valence-corrected chi connectivity index (χ2v) is 18.7. The van der Waals surface area contributed by atoms with E-state index < -0.39 is 13.3 Å². The third-order valence-corrected chi connectivity index (χ3v) is 9.70. The van der Waals surface area contributed by atoms with Crippen molar-refractivity contribution < 1.29 is 0 Å². The summed E-state index contributed by atoms with van der Waals surface area (Å²) in [4.78, 5) is 4.67. The van der Waals surface area contributed by atoms with Crippen LogP contribution in [0.4, 0.5) is 0 Å². The average molecular weight is 378 g/mol. The van der Waals surface area contributed by atoms with Crippen molar-refractivity contribution in [3.05, 3.63) is 60.8 Å². The maximum absolute atomic E-state index is 4.67. The number of aromatic nitrogens is 1. The van der Waals surface area contributed by atoms with Gasteiger partial charge in [-0.05, 0) is 0 Å². The monoisotopic (exact) mass is 379 g/mol. The summed E-state index contributed by atoms with van der Waals surface area (Å²) in [6.07, 6.45) is 2.03. The van der Waals surface area contributed by atoms with Crippen molar-refractivity contribution in [3.8, 4) is 11.3 Å². The van der Waals surface area contributed by atoms with Crippen LogP contribution in [0.1, 0.15) is 0 Å². The van der Waals surface area contributed by atoms with Gasteiger partial charge in [-0.3, -0.25) is 0 Å². The molecule has 4 rings (SSSR count). The van der Waals surface area contributed by atoms with Crippen molar-refractivity contribution in [1.29, 1.82) is 0 Å². The molecule has 0 spiro atoms. The van der Waals surface area contributed by atoms with Crippen LogP contribution in [0.25, 0.3) is 31.4 Å². The number of fused-ring (bicyclic) bond motifs is 3. The fourth-order valence-corrected chi connectivity index (χ4v) is 6.39. The van der Waals surface area contributed by atoms with Gasteiger partial charge in [-0.2, -0.15) is 0 Å². The summed E-state index contributed by atoms with van der Waals surface area (Å²) < 4.78 is 4.20. The molecular formula is C20H19GeNS. The molecule has 0 aliphatic heterocycles. The van der Waals surface area contributed by atoms with Gasteiger partial charge in [0, 0.05) is 0 Å². The second-order valence-electron chi connectivity index (χ2n) is 6.99. The zero-order valence-electron chi connectivity index (χ0n) is 13.6. The van der Waals surface area contributed by atoms with Crippen LogP contribution < -0.4 is 4.40 Å². The molecule has 0 radical (unpaired) electrons. The maximum atomic E-state index is 4.67. The fraction of sp³-hybridized carbons (Fsp3) is 0.150. The first-order valence-corrected chi connectivity index (χ1v) is 16.1. The van der Waals surface area contributed by atoms with Gasteiger partial charge >= 0.3 is 143 Å². The summed E-state index contributed by atoms with van der Waals surface area (Å²) in [5, 5.41) is 2.73. The van der Waals surface area contributed by atoms with Crippen LogP contribution in [0.3, 0.4) is 0 Å². The topological polar surface area (TPSA) is 12.9 Å². The first-order chi connectivity index (χ1) is 11.0. The summed E-state index contributed by atoms with van der Waals surface area (Å²) in [5.74, 6) is 7.35. The van der Waals surface area contributed by atoms with Gasteiger partial charge in [0.2, 0.25) is 0 Å². The Morgan fingerprint density at radius 2 is 1.57 bits per heavy atom. The van der Waals surface area contributed by atoms with E-state index in [1.54, 1.807) is 4.40 Å². The summed E-state index contributed by atoms with van der Waals surface area (Å²) in [6.45, 7) is 0. The van der Waals surface area contributed by atoms with Crippen LogP contribution in [0, 0.1) is 0 Å². The van der Waals surface area contributed by atoms with E-state index in [4.69, 9.17) is 0 Å². The van der Waals surface area contributed by atoms with Gasteiger partial charge in [0.1, 0.15) is 0 Å². The quantitative estimate of drug-likeness (QED) is 0.410. The third-order valence-electron chi connectivity index (χ3n) is 4.29. The number of pyridine rings is 1. The average Bonchev–Trinajstić information content (AvgIpc) is 2.92. The van der Waals surface area contributed by atoms with Crippen molar-refractivity contribution in [2.75, 3.05) is 0 Å². The predicted octanol–water partition coefficient (Wildman–Crippen LogP) is 5.66. The molecule has 4 aromatic rings. The number of hydrogen-bond donors (Lipinski definition) is 0. The minimum absolute atomic E-state index is 1.06. The van der Waals surface area contributed by atoms with E-state index in [1.165, 1.54) is 25.7 Å². The van der Waals surface area contributed by atoms with E-state index in [9.17, 15) is 0 Å². The fourth-order valence-electron chi connectivity index (χ4n) is 2.92. The Hall–Kier alpha value is -1.65. The van der Waals surface area contributed by atoms with Crippen molar-refractivity contribution in [2.24, 2.45) is 0 Å². The van der Waals surface area contributed by atoms with Gasteiger partial charge < -0.3 is 0 Å². The molecule has 0 amide bonds. The van der Waals surface area contributed by atoms with Gasteiger partial charge in [-0.15, -0.1) is 0 Å². The molecular weight excluding hydrogens is 359 g/mol. The van der Waals surface area contributed by atoms with E-state index in [-0.39, 0.29) is 0 Å². The zero-order chi connectivity index (χ0) is 16.0. The molecule has 0 aliphatic rings. The first-order valence-electron chi connectivity index (χ1n) is 7.90. The van der Waals surface area contributed by atoms with Crippen LogP contribution in [-0.2, 0) is 0 Å². The Kier molecular flexibility index (Phi) is 3.54. The normalized spacial score (nSPS) is 12.1. The molecule has 2 aromatic carbocycles. The van der Waals surface area contributed by atoms with Crippen LogP contribution in [-0.4, -0.2) is 18.3 Å². The second kappa shape index (κ2) is 5.46. The molecule has 0 atom stereocenters. The van der Waals surface area contributed by atoms with Crippen LogP contribution >= 0.6 is 11.3 Å². The Labute approximate surface area is 143 Å². The SMILES string of the molecule is [CH3][Ge]([CH3])([CH3])[c]1ccc2sc3cnc(-c4ccccc4)cc3c2c1. The molecule has 0 fully saturated rings. The van der Waals surface area contributed by atoms with E-state index in [1.807, 2.05) is 23.6 Å². The van der Waals surface area contributed by atoms with Gasteiger partial charge in [-0.1, -0.05) is 0 Å². The molecule has 0 saturated carbocycles. The van der Waals surface area contributed by atoms with E-state index in [0.29, 0.717) is 0 Å². The number of nitrogens with zero attached hydrogens (tertiary/aromatic N) is 1. The van der Waals surface area contributed by atoms with E-state index in [0.717, 1.165) is 5.69 Å². The summed E-state index contributed by atoms with van der Waals surface area (Å²) in [5.41, 5.74) is 2.24. The van der Waals surface area contributed by atoms with Crippen LogP contribution in [0.15, 0.2) is 60.8 Å². The molecule has 0 unspecified atom stereocenters. The first kappa shape index (κ1) is 14.9. The number of hydrogen-bond acceptors (Lipinski definition) is 2. The number of thiophene rings is 1. The Morgan fingerprint density at radius 3 is 2.30 bits per heavy atom. The zero-order valence-corrected chi connectivity index (χ0v) is 16.5. The molecule has 23 heavy (non-hydrogen) atoms. The molecule has 3 heteroatoms. The number of benzene rings is 2. The summed E-state index contributed by atoms with van der Waals surface area (Å²) >= 11 is 0.0310. The molecule has 114 valence electrons. The Bertz CT molecular complexity index is 997. The van der Waals surface area contributed by atoms with Crippen molar-refractivity contribution in [3.63, 3.8) is 0 Å². The summed E-state index contributed by atoms with van der Waals surface area (Å²) in [7, 11) is 0. The van der Waals surface area contributed by atoms with Gasteiger partial charge in [0.25, 0.3) is 0 Å². The number of rotatable bonds is 2. The third kappa shape index (κ3) is 2.70. The molecule has 2 aromatic heterocycles. The van der Waals surface area contributed by atoms with Gasteiger partial charge in [-0.25, -0.2) is 0 Å². The van der Waals surface area contributed by atoms with Crippen molar-refractivity contribution in [1.82, 2.24) is 4.98 Å². The molecule has 0 N–H and O–H groups in total. The predicted molar refractivity (Wildman–Crippen MR) is 106 cm³/mol. The standard InChI is InChI=1S/C20H19GeNS/c1-21(2,3)15-9-10-19-16(11-15)17-12-18(22-13-20(17)23-19)14-7-5-4-6-8-14/h4-13H,1-3H3.